The van der Waals surface area contributed by atoms with Crippen molar-refractivity contribution >= 4 is 28.4 Å². The molecule has 1 saturated carbocycles. The Balaban J connectivity index is 2.07. The van der Waals surface area contributed by atoms with Gasteiger partial charge in [-0.15, -0.1) is 0 Å². The van der Waals surface area contributed by atoms with E-state index in [1.807, 2.05) is 0 Å². The summed E-state index contributed by atoms with van der Waals surface area (Å²) >= 11 is 6.49. The van der Waals surface area contributed by atoms with Gasteiger partial charge in [0.15, 0.2) is 0 Å². The quantitative estimate of drug-likeness (QED) is 0.525. The molecule has 0 aromatic rings. The second-order valence-electron chi connectivity index (χ2n) is 1.77. The predicted octanol–water partition coefficient (Wildman–Crippen LogP) is 1.81. The minimum Gasteiger partial charge on any atom is -0.482 e. The zero-order valence-corrected chi connectivity index (χ0v) is 6.35. The van der Waals surface area contributed by atoms with Crippen LogP contribution in [0.3, 0.4) is 0 Å². The summed E-state index contributed by atoms with van der Waals surface area (Å²) in [5.74, 6) is 0. The van der Waals surface area contributed by atoms with Crippen LogP contribution in [0.25, 0.3) is 0 Å². The van der Waals surface area contributed by atoms with Gasteiger partial charge in [-0.25, -0.2) is 0 Å². The van der Waals surface area contributed by atoms with E-state index in [1.165, 1.54) is 12.8 Å². The molecule has 0 heterocycles. The fraction of sp³-hybridized carbons (Fsp3) is 0.800. The summed E-state index contributed by atoms with van der Waals surface area (Å²) < 4.78 is 5.48. The third kappa shape index (κ3) is 2.01. The van der Waals surface area contributed by atoms with Crippen molar-refractivity contribution in [2.75, 3.05) is 7.11 Å². The van der Waals surface area contributed by atoms with Crippen LogP contribution in [-0.4, -0.2) is 16.7 Å². The molecule has 0 atom stereocenters. The highest BCUT2D eigenvalue weighted by molar-refractivity contribution is 8.23. The van der Waals surface area contributed by atoms with E-state index in [4.69, 9.17) is 17.0 Å². The molecule has 0 N–H and O–H groups in total. The van der Waals surface area contributed by atoms with Gasteiger partial charge >= 0.3 is 0 Å². The van der Waals surface area contributed by atoms with Gasteiger partial charge in [-0.3, -0.25) is 0 Å². The van der Waals surface area contributed by atoms with Crippen LogP contribution in [0, 0.1) is 0 Å². The Morgan fingerprint density at radius 2 is 2.38 bits per heavy atom. The van der Waals surface area contributed by atoms with Crippen LogP contribution in [-0.2, 0) is 4.74 Å². The summed E-state index contributed by atoms with van der Waals surface area (Å²) in [6, 6.07) is 0. The van der Waals surface area contributed by atoms with Crippen molar-refractivity contribution in [2.45, 2.75) is 18.1 Å². The van der Waals surface area contributed by atoms with Crippen molar-refractivity contribution < 1.29 is 4.74 Å². The van der Waals surface area contributed by atoms with E-state index < -0.39 is 0 Å². The molecular formula is C5H8OS2. The van der Waals surface area contributed by atoms with E-state index >= 15 is 0 Å². The van der Waals surface area contributed by atoms with Gasteiger partial charge in [0.2, 0.25) is 4.38 Å². The van der Waals surface area contributed by atoms with E-state index in [2.05, 4.69) is 0 Å². The molecule has 1 aliphatic carbocycles. The van der Waals surface area contributed by atoms with Gasteiger partial charge in [0.25, 0.3) is 0 Å². The van der Waals surface area contributed by atoms with Crippen molar-refractivity contribution in [3.63, 3.8) is 0 Å². The summed E-state index contributed by atoms with van der Waals surface area (Å²) in [6.07, 6.45) is 2.63. The number of methoxy groups -OCH3 is 1. The van der Waals surface area contributed by atoms with Gasteiger partial charge in [0.05, 0.1) is 7.11 Å². The Morgan fingerprint density at radius 1 is 1.75 bits per heavy atom. The summed E-state index contributed by atoms with van der Waals surface area (Å²) in [6.45, 7) is 0. The third-order valence-corrected chi connectivity index (χ3v) is 2.57. The molecule has 1 aliphatic rings. The molecule has 3 heteroatoms. The number of hydrogen-bond donors (Lipinski definition) is 0. The maximum Gasteiger partial charge on any atom is 0.219 e. The monoisotopic (exact) mass is 148 g/mol. The smallest absolute Gasteiger partial charge is 0.219 e. The van der Waals surface area contributed by atoms with Crippen molar-refractivity contribution in [1.29, 1.82) is 0 Å². The first-order valence-electron chi connectivity index (χ1n) is 2.57. The first-order chi connectivity index (χ1) is 3.83. The zero-order chi connectivity index (χ0) is 5.98. The number of ether oxygens (including phenoxy) is 1. The van der Waals surface area contributed by atoms with Crippen LogP contribution in [0.5, 0.6) is 0 Å². The Hall–Kier alpha value is 0.240. The maximum atomic E-state index is 4.81. The molecule has 0 radical (unpaired) electrons. The van der Waals surface area contributed by atoms with Gasteiger partial charge in [-0.1, -0.05) is 11.8 Å². The molecule has 0 saturated heterocycles. The summed E-state index contributed by atoms with van der Waals surface area (Å²) in [7, 11) is 1.62. The van der Waals surface area contributed by atoms with Crippen molar-refractivity contribution in [3.05, 3.63) is 0 Å². The topological polar surface area (TPSA) is 9.23 Å². The average Bonchev–Trinajstić information content (AvgIpc) is 2.50. The molecule has 0 aliphatic heterocycles. The lowest BCUT2D eigenvalue weighted by Crippen LogP contribution is -1.90. The largest absolute Gasteiger partial charge is 0.482 e. The fourth-order valence-corrected chi connectivity index (χ4v) is 1.52. The molecule has 1 fully saturated rings. The Labute approximate surface area is 58.8 Å². The Morgan fingerprint density at radius 3 is 2.75 bits per heavy atom. The predicted molar refractivity (Wildman–Crippen MR) is 40.2 cm³/mol. The molecule has 46 valence electrons. The SMILES string of the molecule is COC(=S)SC1CC1. The second-order valence-corrected chi connectivity index (χ2v) is 3.67. The van der Waals surface area contributed by atoms with Gasteiger partial charge in [-0.2, -0.15) is 0 Å². The minimum absolute atomic E-state index is 0.688. The van der Waals surface area contributed by atoms with Gasteiger partial charge in [0, 0.05) is 5.25 Å². The molecule has 0 spiro atoms. The van der Waals surface area contributed by atoms with Gasteiger partial charge < -0.3 is 4.74 Å². The van der Waals surface area contributed by atoms with Crippen LogP contribution >= 0.6 is 24.0 Å². The number of thiocarbonyl (C=S) groups is 1. The third-order valence-electron chi connectivity index (χ3n) is 0.954. The highest BCUT2D eigenvalue weighted by atomic mass is 32.2. The Kier molecular flexibility index (Phi) is 2.14. The van der Waals surface area contributed by atoms with E-state index in [1.54, 1.807) is 18.9 Å². The molecule has 0 amide bonds. The summed E-state index contributed by atoms with van der Waals surface area (Å²) in [5, 5.41) is 0.780. The zero-order valence-electron chi connectivity index (χ0n) is 4.72. The summed E-state index contributed by atoms with van der Waals surface area (Å²) in [5.41, 5.74) is 0. The normalized spacial score (nSPS) is 18.1. The lowest BCUT2D eigenvalue weighted by Gasteiger charge is -1.96. The van der Waals surface area contributed by atoms with E-state index in [9.17, 15) is 0 Å². The molecular weight excluding hydrogens is 140 g/mol. The van der Waals surface area contributed by atoms with Crippen molar-refractivity contribution in [2.24, 2.45) is 0 Å². The second kappa shape index (κ2) is 2.69. The molecule has 1 rings (SSSR count). The Bertz CT molecular complexity index is 98.6. The van der Waals surface area contributed by atoms with Crippen LogP contribution in [0.1, 0.15) is 12.8 Å². The fourth-order valence-electron chi connectivity index (χ4n) is 0.370. The highest BCUT2D eigenvalue weighted by Crippen LogP contribution is 2.34. The van der Waals surface area contributed by atoms with Crippen LogP contribution in [0.2, 0.25) is 0 Å². The molecule has 8 heavy (non-hydrogen) atoms. The lowest BCUT2D eigenvalue weighted by molar-refractivity contribution is 0.426. The lowest BCUT2D eigenvalue weighted by atomic mass is 11.0. The molecule has 0 bridgehead atoms. The summed E-state index contributed by atoms with van der Waals surface area (Å²) in [4.78, 5) is 0. The van der Waals surface area contributed by atoms with Crippen molar-refractivity contribution in [3.8, 4) is 0 Å². The number of rotatable bonds is 1. The minimum atomic E-state index is 0.688. The van der Waals surface area contributed by atoms with Gasteiger partial charge in [-0.05, 0) is 25.1 Å². The number of thioether (sulfide) groups is 1. The molecule has 0 unspecified atom stereocenters. The first-order valence-corrected chi connectivity index (χ1v) is 3.86. The molecule has 1 nitrogen and oxygen atoms in total. The maximum absolute atomic E-state index is 4.81. The molecule has 0 aromatic heterocycles. The van der Waals surface area contributed by atoms with E-state index in [0.717, 1.165) is 5.25 Å². The number of hydrogen-bond acceptors (Lipinski definition) is 3. The van der Waals surface area contributed by atoms with Crippen molar-refractivity contribution in [1.82, 2.24) is 0 Å². The van der Waals surface area contributed by atoms with E-state index in [-0.39, 0.29) is 0 Å². The first kappa shape index (κ1) is 6.36. The van der Waals surface area contributed by atoms with E-state index in [0.29, 0.717) is 4.38 Å². The van der Waals surface area contributed by atoms with Crippen LogP contribution in [0.15, 0.2) is 0 Å². The van der Waals surface area contributed by atoms with Gasteiger partial charge in [0.1, 0.15) is 0 Å². The van der Waals surface area contributed by atoms with Crippen LogP contribution in [0.4, 0.5) is 0 Å². The molecule has 0 aromatic carbocycles. The average molecular weight is 148 g/mol. The van der Waals surface area contributed by atoms with Crippen LogP contribution < -0.4 is 0 Å². The standard InChI is InChI=1S/C5H8OS2/c1-6-5(7)8-4-2-3-4/h4H,2-3H2,1H3. The highest BCUT2D eigenvalue weighted by Gasteiger charge is 2.23.